The van der Waals surface area contributed by atoms with Gasteiger partial charge in [-0.25, -0.2) is 9.18 Å². The van der Waals surface area contributed by atoms with Crippen LogP contribution >= 0.6 is 0 Å². The lowest BCUT2D eigenvalue weighted by Gasteiger charge is -2.34. The van der Waals surface area contributed by atoms with Gasteiger partial charge >= 0.3 is 5.63 Å². The molecular formula is C19H20FNO4. The smallest absolute Gasteiger partial charge is 0.349 e. The van der Waals surface area contributed by atoms with Gasteiger partial charge in [-0.15, -0.1) is 0 Å². The van der Waals surface area contributed by atoms with Gasteiger partial charge in [0.15, 0.2) is 0 Å². The molecular weight excluding hydrogens is 325 g/mol. The van der Waals surface area contributed by atoms with Gasteiger partial charge in [0.25, 0.3) is 5.91 Å². The van der Waals surface area contributed by atoms with E-state index in [-0.39, 0.29) is 18.7 Å². The minimum absolute atomic E-state index is 0.0000903. The summed E-state index contributed by atoms with van der Waals surface area (Å²) < 4.78 is 23.3. The van der Waals surface area contributed by atoms with E-state index >= 15 is 0 Å². The van der Waals surface area contributed by atoms with E-state index in [1.54, 1.807) is 20.1 Å². The fourth-order valence-corrected chi connectivity index (χ4v) is 2.86. The lowest BCUT2D eigenvalue weighted by atomic mass is 10.0. The van der Waals surface area contributed by atoms with Crippen LogP contribution in [0.5, 0.6) is 5.75 Å². The summed E-state index contributed by atoms with van der Waals surface area (Å²) in [5.41, 5.74) is 1.00. The Morgan fingerprint density at radius 3 is 2.52 bits per heavy atom. The molecule has 3 rings (SSSR count). The molecule has 0 radical (unpaired) electrons. The van der Waals surface area contributed by atoms with Crippen LogP contribution in [0.3, 0.4) is 0 Å². The third-order valence-electron chi connectivity index (χ3n) is 4.36. The van der Waals surface area contributed by atoms with Crippen molar-refractivity contribution in [3.05, 3.63) is 63.2 Å². The van der Waals surface area contributed by atoms with Crippen LogP contribution in [0.25, 0.3) is 0 Å². The SMILES string of the molecule is COc1ccc(CCc2cc(C)c(C(=O)N3CC(F)C3)c(=O)o2)cc1. The molecule has 1 amide bonds. The van der Waals surface area contributed by atoms with Crippen molar-refractivity contribution in [2.45, 2.75) is 25.9 Å². The predicted octanol–water partition coefficient (Wildman–Crippen LogP) is 2.54. The zero-order chi connectivity index (χ0) is 18.0. The molecule has 5 nitrogen and oxygen atoms in total. The first-order valence-electron chi connectivity index (χ1n) is 8.18. The lowest BCUT2D eigenvalue weighted by molar-refractivity contribution is 0.0395. The van der Waals surface area contributed by atoms with Crippen LogP contribution in [-0.2, 0) is 12.8 Å². The summed E-state index contributed by atoms with van der Waals surface area (Å²) in [6, 6.07) is 9.39. The van der Waals surface area contributed by atoms with Gasteiger partial charge in [0.05, 0.1) is 20.2 Å². The highest BCUT2D eigenvalue weighted by atomic mass is 19.1. The number of hydrogen-bond donors (Lipinski definition) is 0. The van der Waals surface area contributed by atoms with E-state index in [2.05, 4.69) is 0 Å². The fourth-order valence-electron chi connectivity index (χ4n) is 2.86. The average molecular weight is 345 g/mol. The van der Waals surface area contributed by atoms with Gasteiger partial charge in [-0.3, -0.25) is 4.79 Å². The minimum atomic E-state index is -1.000. The quantitative estimate of drug-likeness (QED) is 0.836. The summed E-state index contributed by atoms with van der Waals surface area (Å²) in [5, 5.41) is 0. The Morgan fingerprint density at radius 1 is 1.28 bits per heavy atom. The zero-order valence-electron chi connectivity index (χ0n) is 14.3. The maximum atomic E-state index is 12.9. The van der Waals surface area contributed by atoms with Crippen LogP contribution in [0, 0.1) is 6.92 Å². The Labute approximate surface area is 145 Å². The molecule has 0 spiro atoms. The number of aryl methyl sites for hydroxylation is 3. The van der Waals surface area contributed by atoms with Crippen LogP contribution < -0.4 is 10.4 Å². The van der Waals surface area contributed by atoms with Gasteiger partial charge in [-0.1, -0.05) is 12.1 Å². The van der Waals surface area contributed by atoms with Gasteiger partial charge in [-0.05, 0) is 42.7 Å². The number of alkyl halides is 1. The predicted molar refractivity (Wildman–Crippen MR) is 90.9 cm³/mol. The number of benzene rings is 1. The molecule has 25 heavy (non-hydrogen) atoms. The first kappa shape index (κ1) is 17.2. The molecule has 2 heterocycles. The fraction of sp³-hybridized carbons (Fsp3) is 0.368. The number of methoxy groups -OCH3 is 1. The third-order valence-corrected chi connectivity index (χ3v) is 4.36. The Balaban J connectivity index is 1.71. The van der Waals surface area contributed by atoms with E-state index in [1.165, 1.54) is 4.90 Å². The summed E-state index contributed by atoms with van der Waals surface area (Å²) in [6.07, 6.45) is 0.253. The van der Waals surface area contributed by atoms with E-state index in [4.69, 9.17) is 9.15 Å². The molecule has 0 unspecified atom stereocenters. The molecule has 132 valence electrons. The number of rotatable bonds is 5. The van der Waals surface area contributed by atoms with Crippen molar-refractivity contribution in [3.8, 4) is 5.75 Å². The number of ether oxygens (including phenoxy) is 1. The second-order valence-corrected chi connectivity index (χ2v) is 6.21. The van der Waals surface area contributed by atoms with E-state index in [1.807, 2.05) is 24.3 Å². The summed E-state index contributed by atoms with van der Waals surface area (Å²) in [4.78, 5) is 25.8. The molecule has 0 atom stereocenters. The van der Waals surface area contributed by atoms with Crippen molar-refractivity contribution in [1.29, 1.82) is 0 Å². The lowest BCUT2D eigenvalue weighted by Crippen LogP contribution is -2.52. The summed E-state index contributed by atoms with van der Waals surface area (Å²) in [6.45, 7) is 1.78. The van der Waals surface area contributed by atoms with Crippen LogP contribution in [0.4, 0.5) is 4.39 Å². The molecule has 2 aromatic rings. The Bertz CT molecular complexity index is 822. The van der Waals surface area contributed by atoms with E-state index in [9.17, 15) is 14.0 Å². The van der Waals surface area contributed by atoms with Crippen LogP contribution in [0.1, 0.15) is 27.2 Å². The summed E-state index contributed by atoms with van der Waals surface area (Å²) >= 11 is 0. The average Bonchev–Trinajstić information content (AvgIpc) is 2.57. The Morgan fingerprint density at radius 2 is 1.96 bits per heavy atom. The number of nitrogens with zero attached hydrogens (tertiary/aromatic N) is 1. The largest absolute Gasteiger partial charge is 0.497 e. The van der Waals surface area contributed by atoms with Crippen molar-refractivity contribution in [2.24, 2.45) is 0 Å². The summed E-state index contributed by atoms with van der Waals surface area (Å²) in [7, 11) is 1.61. The third kappa shape index (κ3) is 3.73. The number of carbonyl (C=O) groups excluding carboxylic acids is 1. The van der Waals surface area contributed by atoms with Crippen molar-refractivity contribution in [3.63, 3.8) is 0 Å². The molecule has 1 aromatic carbocycles. The molecule has 0 saturated carbocycles. The molecule has 1 aliphatic rings. The molecule has 6 heteroatoms. The standard InChI is InChI=1S/C19H20FNO4/c1-12-9-16(8-5-13-3-6-15(24-2)7-4-13)25-19(23)17(12)18(22)21-10-14(20)11-21/h3-4,6-7,9,14H,5,8,10-11H2,1-2H3. The topological polar surface area (TPSA) is 59.8 Å². The molecule has 0 aliphatic carbocycles. The molecule has 1 fully saturated rings. The number of carbonyl (C=O) groups is 1. The molecule has 0 N–H and O–H groups in total. The monoisotopic (exact) mass is 345 g/mol. The highest BCUT2D eigenvalue weighted by molar-refractivity contribution is 5.95. The second kappa shape index (κ2) is 7.09. The number of likely N-dealkylation sites (tertiary alicyclic amines) is 1. The van der Waals surface area contributed by atoms with E-state index in [0.29, 0.717) is 24.2 Å². The zero-order valence-corrected chi connectivity index (χ0v) is 14.3. The maximum Gasteiger partial charge on any atom is 0.349 e. The number of hydrogen-bond acceptors (Lipinski definition) is 4. The molecule has 1 aromatic heterocycles. The van der Waals surface area contributed by atoms with E-state index < -0.39 is 17.7 Å². The number of halogens is 1. The highest BCUT2D eigenvalue weighted by Gasteiger charge is 2.33. The summed E-state index contributed by atoms with van der Waals surface area (Å²) in [5.74, 6) is 0.860. The van der Waals surface area contributed by atoms with Gasteiger partial charge in [0, 0.05) is 6.42 Å². The second-order valence-electron chi connectivity index (χ2n) is 6.21. The van der Waals surface area contributed by atoms with Crippen LogP contribution in [0.15, 0.2) is 39.5 Å². The van der Waals surface area contributed by atoms with Crippen molar-refractivity contribution in [2.75, 3.05) is 20.2 Å². The van der Waals surface area contributed by atoms with Crippen LogP contribution in [-0.4, -0.2) is 37.2 Å². The van der Waals surface area contributed by atoms with Crippen molar-refractivity contribution >= 4 is 5.91 Å². The minimum Gasteiger partial charge on any atom is -0.497 e. The van der Waals surface area contributed by atoms with Gasteiger partial charge < -0.3 is 14.1 Å². The first-order chi connectivity index (χ1) is 12.0. The van der Waals surface area contributed by atoms with E-state index in [0.717, 1.165) is 11.3 Å². The normalized spacial score (nSPS) is 14.3. The Kier molecular flexibility index (Phi) is 4.88. The van der Waals surface area contributed by atoms with Crippen molar-refractivity contribution < 1.29 is 18.3 Å². The molecule has 0 bridgehead atoms. The van der Waals surface area contributed by atoms with Gasteiger partial charge in [0.1, 0.15) is 23.2 Å². The molecule has 1 aliphatic heterocycles. The number of amides is 1. The first-order valence-corrected chi connectivity index (χ1v) is 8.18. The highest BCUT2D eigenvalue weighted by Crippen LogP contribution is 2.18. The van der Waals surface area contributed by atoms with Gasteiger partial charge in [-0.2, -0.15) is 0 Å². The van der Waals surface area contributed by atoms with Crippen molar-refractivity contribution in [1.82, 2.24) is 4.90 Å². The van der Waals surface area contributed by atoms with Crippen LogP contribution in [0.2, 0.25) is 0 Å². The maximum absolute atomic E-state index is 12.9. The molecule has 1 saturated heterocycles. The Hall–Kier alpha value is -2.63. The van der Waals surface area contributed by atoms with Gasteiger partial charge in [0.2, 0.25) is 0 Å².